The highest BCUT2D eigenvalue weighted by molar-refractivity contribution is 6.21. The lowest BCUT2D eigenvalue weighted by atomic mass is 9.98. The SMILES string of the molecule is C=C(C(=O)N(C(/C=N\C)=C/CC)/C(=C/C1(C)C=C(F)C=N1)COC)c1cccc(F)c1C#N. The molecule has 2 rings (SSSR count). The van der Waals surface area contributed by atoms with E-state index in [0.717, 1.165) is 12.3 Å². The van der Waals surface area contributed by atoms with Crippen LogP contribution in [-0.4, -0.2) is 49.5 Å². The van der Waals surface area contributed by atoms with Crippen LogP contribution in [-0.2, 0) is 9.53 Å². The third kappa shape index (κ3) is 5.96. The Morgan fingerprint density at radius 3 is 2.70 bits per heavy atom. The number of benzene rings is 1. The van der Waals surface area contributed by atoms with Gasteiger partial charge in [0.1, 0.15) is 17.7 Å². The highest BCUT2D eigenvalue weighted by atomic mass is 19.1. The number of ether oxygens (including phenoxy) is 1. The first-order valence-corrected chi connectivity index (χ1v) is 10.2. The molecule has 1 unspecified atom stereocenters. The summed E-state index contributed by atoms with van der Waals surface area (Å²) in [6.07, 6.45) is 7.87. The Morgan fingerprint density at radius 1 is 1.42 bits per heavy atom. The number of hydrogen-bond acceptors (Lipinski definition) is 5. The van der Waals surface area contributed by atoms with Gasteiger partial charge in [0, 0.05) is 31.5 Å². The van der Waals surface area contributed by atoms with Crippen LogP contribution in [0.2, 0.25) is 0 Å². The molecule has 0 radical (unpaired) electrons. The highest BCUT2D eigenvalue weighted by Gasteiger charge is 2.30. The fourth-order valence-electron chi connectivity index (χ4n) is 3.39. The molecule has 1 aliphatic rings. The zero-order valence-electron chi connectivity index (χ0n) is 19.1. The summed E-state index contributed by atoms with van der Waals surface area (Å²) in [7, 11) is 3.02. The van der Waals surface area contributed by atoms with E-state index in [4.69, 9.17) is 4.74 Å². The van der Waals surface area contributed by atoms with Gasteiger partial charge in [-0.05, 0) is 31.6 Å². The van der Waals surface area contributed by atoms with Crippen molar-refractivity contribution in [2.75, 3.05) is 20.8 Å². The number of amides is 1. The standard InChI is InChI=1S/C25H26F2N4O2/c1-6-8-19(15-29-4)31(20(16-33-5)12-25(3)11-18(26)14-30-25)24(32)17(2)21-9-7-10-23(27)22(21)13-28/h7-12,14-15H,2,6,16H2,1,3-5H3/b19-8+,20-12+,29-15-. The summed E-state index contributed by atoms with van der Waals surface area (Å²) in [6.45, 7) is 7.40. The van der Waals surface area contributed by atoms with Crippen molar-refractivity contribution in [1.82, 2.24) is 4.90 Å². The predicted molar refractivity (Wildman–Crippen MR) is 126 cm³/mol. The largest absolute Gasteiger partial charge is 0.378 e. The van der Waals surface area contributed by atoms with Gasteiger partial charge in [0.2, 0.25) is 0 Å². The van der Waals surface area contributed by atoms with Crippen LogP contribution in [0.3, 0.4) is 0 Å². The van der Waals surface area contributed by atoms with Crippen molar-refractivity contribution in [2.24, 2.45) is 9.98 Å². The molecule has 172 valence electrons. The Labute approximate surface area is 192 Å². The van der Waals surface area contributed by atoms with Crippen LogP contribution >= 0.6 is 0 Å². The second-order valence-corrected chi connectivity index (χ2v) is 7.40. The maximum Gasteiger partial charge on any atom is 0.262 e. The lowest BCUT2D eigenvalue weighted by Gasteiger charge is -2.29. The van der Waals surface area contributed by atoms with Gasteiger partial charge < -0.3 is 4.74 Å². The van der Waals surface area contributed by atoms with Crippen LogP contribution in [0.15, 0.2) is 70.2 Å². The van der Waals surface area contributed by atoms with Crippen molar-refractivity contribution >= 4 is 23.9 Å². The summed E-state index contributed by atoms with van der Waals surface area (Å²) >= 11 is 0. The average molecular weight is 453 g/mol. The molecule has 1 heterocycles. The molecule has 1 amide bonds. The van der Waals surface area contributed by atoms with Crippen LogP contribution in [0.4, 0.5) is 8.78 Å². The fourth-order valence-corrected chi connectivity index (χ4v) is 3.39. The van der Waals surface area contributed by atoms with E-state index >= 15 is 0 Å². The fraction of sp³-hybridized carbons (Fsp3) is 0.280. The zero-order chi connectivity index (χ0) is 24.6. The average Bonchev–Trinajstić information content (AvgIpc) is 3.11. The third-order valence-electron chi connectivity index (χ3n) is 4.78. The Balaban J connectivity index is 2.70. The van der Waals surface area contributed by atoms with E-state index in [9.17, 15) is 18.8 Å². The quantitative estimate of drug-likeness (QED) is 0.400. The van der Waals surface area contributed by atoms with Crippen molar-refractivity contribution in [3.05, 3.63) is 77.2 Å². The van der Waals surface area contributed by atoms with Crippen molar-refractivity contribution in [3.63, 3.8) is 0 Å². The van der Waals surface area contributed by atoms with Crippen LogP contribution in [0.25, 0.3) is 5.57 Å². The van der Waals surface area contributed by atoms with E-state index in [1.165, 1.54) is 36.4 Å². The molecular formula is C25H26F2N4O2. The molecule has 1 aliphatic heterocycles. The third-order valence-corrected chi connectivity index (χ3v) is 4.78. The van der Waals surface area contributed by atoms with Gasteiger partial charge in [-0.2, -0.15) is 5.26 Å². The van der Waals surface area contributed by atoms with Crippen LogP contribution in [0.1, 0.15) is 31.4 Å². The van der Waals surface area contributed by atoms with Gasteiger partial charge in [-0.1, -0.05) is 31.7 Å². The highest BCUT2D eigenvalue weighted by Crippen LogP contribution is 2.29. The Kier molecular flexibility index (Phi) is 8.71. The number of nitrogens with zero attached hydrogens (tertiary/aromatic N) is 4. The Morgan fingerprint density at radius 2 is 2.15 bits per heavy atom. The van der Waals surface area contributed by atoms with Gasteiger partial charge in [-0.3, -0.25) is 19.7 Å². The van der Waals surface area contributed by atoms with Gasteiger partial charge in [-0.25, -0.2) is 8.78 Å². The van der Waals surface area contributed by atoms with Gasteiger partial charge in [0.25, 0.3) is 5.91 Å². The van der Waals surface area contributed by atoms with E-state index in [2.05, 4.69) is 16.6 Å². The Hall–Kier alpha value is -3.70. The van der Waals surface area contributed by atoms with Crippen molar-refractivity contribution < 1.29 is 18.3 Å². The molecule has 0 saturated heterocycles. The number of methoxy groups -OCH3 is 1. The smallest absolute Gasteiger partial charge is 0.262 e. The van der Waals surface area contributed by atoms with E-state index in [-0.39, 0.29) is 23.3 Å². The number of nitriles is 1. The molecule has 1 aromatic rings. The van der Waals surface area contributed by atoms with Gasteiger partial charge >= 0.3 is 0 Å². The molecule has 33 heavy (non-hydrogen) atoms. The maximum atomic E-state index is 14.2. The maximum absolute atomic E-state index is 14.2. The topological polar surface area (TPSA) is 78.1 Å². The minimum atomic E-state index is -1.05. The molecule has 1 aromatic carbocycles. The van der Waals surface area contributed by atoms with Crippen LogP contribution in [0.5, 0.6) is 0 Å². The normalized spacial score (nSPS) is 18.4. The molecule has 0 saturated carbocycles. The van der Waals surface area contributed by atoms with E-state index in [1.807, 2.05) is 6.92 Å². The van der Waals surface area contributed by atoms with Gasteiger partial charge in [-0.15, -0.1) is 0 Å². The van der Waals surface area contributed by atoms with Crippen molar-refractivity contribution in [2.45, 2.75) is 25.8 Å². The molecule has 0 aliphatic carbocycles. The summed E-state index contributed by atoms with van der Waals surface area (Å²) in [4.78, 5) is 23.3. The molecule has 6 nitrogen and oxygen atoms in total. The first-order valence-electron chi connectivity index (χ1n) is 10.2. The van der Waals surface area contributed by atoms with E-state index < -0.39 is 23.1 Å². The summed E-state index contributed by atoms with van der Waals surface area (Å²) in [5.74, 6) is -1.86. The first-order chi connectivity index (χ1) is 15.7. The second kappa shape index (κ2) is 11.2. The van der Waals surface area contributed by atoms with Crippen LogP contribution in [0, 0.1) is 17.1 Å². The van der Waals surface area contributed by atoms with Crippen molar-refractivity contribution in [3.8, 4) is 6.07 Å². The molecule has 8 heteroatoms. The number of allylic oxidation sites excluding steroid dienone is 3. The zero-order valence-corrected chi connectivity index (χ0v) is 19.1. The summed E-state index contributed by atoms with van der Waals surface area (Å²) < 4.78 is 33.3. The number of carbonyl (C=O) groups excluding carboxylic acids is 1. The van der Waals surface area contributed by atoms with E-state index in [0.29, 0.717) is 17.8 Å². The van der Waals surface area contributed by atoms with Gasteiger partial charge in [0.15, 0.2) is 0 Å². The molecule has 0 fully saturated rings. The number of carbonyl (C=O) groups is 1. The first kappa shape index (κ1) is 25.6. The summed E-state index contributed by atoms with van der Waals surface area (Å²) in [5.41, 5.74) is -0.584. The number of aliphatic imine (C=N–C) groups is 2. The van der Waals surface area contributed by atoms with E-state index in [1.54, 1.807) is 32.2 Å². The summed E-state index contributed by atoms with van der Waals surface area (Å²) in [5, 5.41) is 9.41. The lowest BCUT2D eigenvalue weighted by molar-refractivity contribution is -0.121. The Bertz CT molecular complexity index is 1130. The molecule has 1 atom stereocenters. The summed E-state index contributed by atoms with van der Waals surface area (Å²) in [6, 6.07) is 5.78. The predicted octanol–water partition coefficient (Wildman–Crippen LogP) is 4.76. The molecule has 0 spiro atoms. The van der Waals surface area contributed by atoms with Crippen LogP contribution < -0.4 is 0 Å². The molecule has 0 bridgehead atoms. The molecule has 0 N–H and O–H groups in total. The van der Waals surface area contributed by atoms with Gasteiger partial charge in [0.05, 0.1) is 35.3 Å². The number of hydrogen-bond donors (Lipinski definition) is 0. The molecular weight excluding hydrogens is 426 g/mol. The lowest BCUT2D eigenvalue weighted by Crippen LogP contribution is -2.34. The van der Waals surface area contributed by atoms with Crippen molar-refractivity contribution in [1.29, 1.82) is 5.26 Å². The molecule has 0 aromatic heterocycles. The minimum absolute atomic E-state index is 0.0214. The number of halogens is 2. The minimum Gasteiger partial charge on any atom is -0.378 e. The number of rotatable bonds is 9. The second-order valence-electron chi connectivity index (χ2n) is 7.40. The monoisotopic (exact) mass is 452 g/mol.